The summed E-state index contributed by atoms with van der Waals surface area (Å²) >= 11 is 0. The third-order valence-corrected chi connectivity index (χ3v) is 14.2. The highest BCUT2D eigenvalue weighted by atomic mass is 15.0. The summed E-state index contributed by atoms with van der Waals surface area (Å²) in [6, 6.07) is 84.4. The van der Waals surface area contributed by atoms with Crippen molar-refractivity contribution in [1.29, 1.82) is 21.0 Å². The Kier molecular flexibility index (Phi) is 9.62. The smallest absolute Gasteiger partial charge is 0.0991 e. The molecule has 0 amide bonds. The van der Waals surface area contributed by atoms with E-state index in [0.717, 1.165) is 121 Å². The molecule has 6 nitrogen and oxygen atoms in total. The normalized spacial score (nSPS) is 11.3. The first-order chi connectivity index (χ1) is 35.5. The number of fused-ring (bicyclic) bond motifs is 8. The molecule has 72 heavy (non-hydrogen) atoms. The van der Waals surface area contributed by atoms with Crippen LogP contribution in [0.15, 0.2) is 218 Å². The van der Waals surface area contributed by atoms with Crippen molar-refractivity contribution in [2.45, 2.75) is 0 Å². The summed E-state index contributed by atoms with van der Waals surface area (Å²) in [5.74, 6) is 0. The Balaban J connectivity index is 1.14. The molecule has 0 saturated heterocycles. The lowest BCUT2D eigenvalue weighted by molar-refractivity contribution is 1.18. The van der Waals surface area contributed by atoms with Crippen molar-refractivity contribution in [3.05, 3.63) is 241 Å². The van der Waals surface area contributed by atoms with Crippen LogP contribution in [0.3, 0.4) is 0 Å². The molecule has 0 atom stereocenters. The van der Waals surface area contributed by atoms with Crippen molar-refractivity contribution in [3.63, 3.8) is 0 Å². The van der Waals surface area contributed by atoms with Crippen LogP contribution in [0.25, 0.3) is 121 Å². The summed E-state index contributed by atoms with van der Waals surface area (Å²) in [6.07, 6.45) is 0. The van der Waals surface area contributed by atoms with Crippen molar-refractivity contribution < 1.29 is 0 Å². The highest BCUT2D eigenvalue weighted by Crippen LogP contribution is 2.47. The summed E-state index contributed by atoms with van der Waals surface area (Å²) in [5.41, 5.74) is 16.6. The third kappa shape index (κ3) is 6.61. The van der Waals surface area contributed by atoms with E-state index in [9.17, 15) is 21.0 Å². The minimum absolute atomic E-state index is 0.553. The summed E-state index contributed by atoms with van der Waals surface area (Å²) < 4.78 is 4.49. The van der Waals surface area contributed by atoms with Crippen LogP contribution in [0.4, 0.5) is 0 Å². The maximum absolute atomic E-state index is 9.98. The van der Waals surface area contributed by atoms with Gasteiger partial charge in [0.25, 0.3) is 0 Å². The Morgan fingerprint density at radius 3 is 0.833 bits per heavy atom. The zero-order chi connectivity index (χ0) is 48.5. The van der Waals surface area contributed by atoms with Gasteiger partial charge in [0.15, 0.2) is 0 Å². The van der Waals surface area contributed by atoms with Crippen LogP contribution in [-0.4, -0.2) is 9.13 Å². The molecule has 0 unspecified atom stereocenters. The van der Waals surface area contributed by atoms with E-state index in [2.05, 4.69) is 167 Å². The van der Waals surface area contributed by atoms with Gasteiger partial charge >= 0.3 is 0 Å². The van der Waals surface area contributed by atoms with Crippen LogP contribution in [0.2, 0.25) is 0 Å². The fourth-order valence-electron chi connectivity index (χ4n) is 10.9. The van der Waals surface area contributed by atoms with E-state index in [-0.39, 0.29) is 0 Å². The Labute approximate surface area is 414 Å². The van der Waals surface area contributed by atoms with Gasteiger partial charge in [0.05, 0.1) is 68.6 Å². The van der Waals surface area contributed by atoms with E-state index in [1.165, 1.54) is 0 Å². The van der Waals surface area contributed by atoms with Crippen molar-refractivity contribution in [2.75, 3.05) is 0 Å². The highest BCUT2D eigenvalue weighted by molar-refractivity contribution is 6.23. The maximum Gasteiger partial charge on any atom is 0.0991 e. The molecule has 0 saturated carbocycles. The summed E-state index contributed by atoms with van der Waals surface area (Å²) in [5, 5.41) is 47.8. The number of hydrogen-bond donors (Lipinski definition) is 0. The fourth-order valence-corrected chi connectivity index (χ4v) is 10.9. The average Bonchev–Trinajstić information content (AvgIpc) is 3.95. The number of aromatic nitrogens is 2. The molecular weight excluding hydrogens is 877 g/mol. The van der Waals surface area contributed by atoms with Gasteiger partial charge in [-0.1, -0.05) is 121 Å². The van der Waals surface area contributed by atoms with Gasteiger partial charge < -0.3 is 9.13 Å². The molecule has 13 aromatic rings. The molecule has 0 aliphatic carbocycles. The van der Waals surface area contributed by atoms with Crippen LogP contribution in [0.1, 0.15) is 22.3 Å². The number of nitrogens with zero attached hydrogens (tertiary/aromatic N) is 6. The molecule has 0 bridgehead atoms. The summed E-state index contributed by atoms with van der Waals surface area (Å²) in [4.78, 5) is 0. The largest absolute Gasteiger partial charge is 0.309 e. The number of benzene rings is 11. The van der Waals surface area contributed by atoms with Crippen LogP contribution in [0.5, 0.6) is 0 Å². The summed E-state index contributed by atoms with van der Waals surface area (Å²) in [6.45, 7) is 0. The molecule has 13 rings (SSSR count). The van der Waals surface area contributed by atoms with Gasteiger partial charge in [0, 0.05) is 32.9 Å². The molecule has 330 valence electrons. The molecule has 2 aromatic heterocycles. The van der Waals surface area contributed by atoms with E-state index < -0.39 is 0 Å². The van der Waals surface area contributed by atoms with Crippen molar-refractivity contribution in [1.82, 2.24) is 9.13 Å². The van der Waals surface area contributed by atoms with E-state index in [1.54, 1.807) is 0 Å². The molecule has 0 spiro atoms. The van der Waals surface area contributed by atoms with Crippen LogP contribution in [0, 0.1) is 45.3 Å². The molecular formula is C66H36N6. The Hall–Kier alpha value is -10.5. The SMILES string of the molecule is N#Cc1ccc2c(c1)c1cc(C#N)ccc1n2-c1ccc2c(-c3ccc(-c4ccccc4)cc3)c3cc(-n4c5ccc(C#N)cc5c5cc(C#N)ccc54)ccc3c(-c3ccc(-c4ccccc4)cc3)c2c1. The van der Waals surface area contributed by atoms with Crippen LogP contribution in [-0.2, 0) is 0 Å². The second kappa shape index (κ2) is 16.6. The molecule has 0 aliphatic rings. The molecule has 0 fully saturated rings. The Bertz CT molecular complexity index is 4130. The first kappa shape index (κ1) is 41.7. The van der Waals surface area contributed by atoms with E-state index in [1.807, 2.05) is 84.9 Å². The first-order valence-electron chi connectivity index (χ1n) is 23.6. The number of hydrogen-bond acceptors (Lipinski definition) is 4. The second-order valence-corrected chi connectivity index (χ2v) is 18.1. The monoisotopic (exact) mass is 912 g/mol. The lowest BCUT2D eigenvalue weighted by atomic mass is 9.85. The predicted molar refractivity (Wildman–Crippen MR) is 291 cm³/mol. The Morgan fingerprint density at radius 1 is 0.236 bits per heavy atom. The quantitative estimate of drug-likeness (QED) is 0.155. The number of rotatable bonds is 6. The third-order valence-electron chi connectivity index (χ3n) is 14.2. The summed E-state index contributed by atoms with van der Waals surface area (Å²) in [7, 11) is 0. The second-order valence-electron chi connectivity index (χ2n) is 18.1. The molecule has 6 heteroatoms. The molecule has 2 heterocycles. The van der Waals surface area contributed by atoms with Crippen molar-refractivity contribution >= 4 is 65.2 Å². The maximum atomic E-state index is 9.98. The minimum atomic E-state index is 0.553. The van der Waals surface area contributed by atoms with E-state index >= 15 is 0 Å². The Morgan fingerprint density at radius 2 is 0.528 bits per heavy atom. The molecule has 0 aliphatic heterocycles. The van der Waals surface area contributed by atoms with Gasteiger partial charge in [-0.05, 0) is 163 Å². The lowest BCUT2D eigenvalue weighted by Crippen LogP contribution is -1.98. The van der Waals surface area contributed by atoms with Gasteiger partial charge in [0.1, 0.15) is 0 Å². The van der Waals surface area contributed by atoms with E-state index in [0.29, 0.717) is 22.3 Å². The molecule has 0 N–H and O–H groups in total. The topological polar surface area (TPSA) is 105 Å². The first-order valence-corrected chi connectivity index (χ1v) is 23.6. The zero-order valence-electron chi connectivity index (χ0n) is 38.5. The van der Waals surface area contributed by atoms with Gasteiger partial charge in [-0.25, -0.2) is 0 Å². The van der Waals surface area contributed by atoms with E-state index in [4.69, 9.17) is 0 Å². The molecule has 0 radical (unpaired) electrons. The average molecular weight is 913 g/mol. The predicted octanol–water partition coefficient (Wildman–Crippen LogP) is 16.3. The van der Waals surface area contributed by atoms with Gasteiger partial charge in [0.2, 0.25) is 0 Å². The van der Waals surface area contributed by atoms with Gasteiger partial charge in [-0.3, -0.25) is 0 Å². The van der Waals surface area contributed by atoms with Crippen molar-refractivity contribution in [2.24, 2.45) is 0 Å². The number of nitriles is 4. The minimum Gasteiger partial charge on any atom is -0.309 e. The van der Waals surface area contributed by atoms with Gasteiger partial charge in [-0.2, -0.15) is 21.0 Å². The molecule has 11 aromatic carbocycles. The van der Waals surface area contributed by atoms with Crippen LogP contribution >= 0.6 is 0 Å². The van der Waals surface area contributed by atoms with Crippen molar-refractivity contribution in [3.8, 4) is 80.2 Å². The fraction of sp³-hybridized carbons (Fsp3) is 0. The highest BCUT2D eigenvalue weighted by Gasteiger charge is 2.22. The lowest BCUT2D eigenvalue weighted by Gasteiger charge is -2.21. The zero-order valence-corrected chi connectivity index (χ0v) is 38.5. The van der Waals surface area contributed by atoms with Crippen LogP contribution < -0.4 is 0 Å². The standard InChI is InChI=1S/C66H36N6/c67-37-41-11-27-61-55(31-41)56-32-42(38-68)12-28-62(56)71(61)51-24-26-54-59(35-51)65(49-19-15-47(16-20-49)45-7-3-1-4-8-45)53-25-23-52(36-60(53)66(54)50-21-17-48(18-22-50)46-9-5-2-6-10-46)72-63-29-13-43(39-69)33-57(63)58-34-44(40-70)14-30-64(58)72/h1-36H. The van der Waals surface area contributed by atoms with Gasteiger partial charge in [-0.15, -0.1) is 0 Å².